The van der Waals surface area contributed by atoms with Crippen molar-refractivity contribution in [2.45, 2.75) is 39.7 Å². The van der Waals surface area contributed by atoms with Crippen LogP contribution in [0.3, 0.4) is 0 Å². The summed E-state index contributed by atoms with van der Waals surface area (Å²) < 4.78 is 5.09. The number of carbonyl (C=O) groups excluding carboxylic acids is 1. The van der Waals surface area contributed by atoms with Crippen molar-refractivity contribution < 1.29 is 9.53 Å². The molecule has 27 heavy (non-hydrogen) atoms. The summed E-state index contributed by atoms with van der Waals surface area (Å²) in [5.74, 6) is 2.67. The number of amides is 1. The highest BCUT2D eigenvalue weighted by atomic mass is 16.6. The maximum absolute atomic E-state index is 11.8. The molecule has 1 N–H and O–H groups in total. The number of aryl methyl sites for hydroxylation is 1. The van der Waals surface area contributed by atoms with Crippen molar-refractivity contribution in [3.63, 3.8) is 0 Å². The van der Waals surface area contributed by atoms with Crippen LogP contribution in [0.15, 0.2) is 6.07 Å². The van der Waals surface area contributed by atoms with Gasteiger partial charge in [0.05, 0.1) is 6.61 Å². The second-order valence-corrected chi connectivity index (χ2v) is 7.18. The molecule has 0 atom stereocenters. The fourth-order valence-electron chi connectivity index (χ4n) is 3.71. The molecule has 0 unspecified atom stereocenters. The summed E-state index contributed by atoms with van der Waals surface area (Å²) in [5.41, 5.74) is 0. The number of hydrogen-bond donors (Lipinski definition) is 1. The molecule has 0 saturated carbocycles. The molecule has 8 heteroatoms. The third-order valence-corrected chi connectivity index (χ3v) is 5.34. The molecule has 0 spiro atoms. The Bertz CT molecular complexity index is 625. The highest BCUT2D eigenvalue weighted by molar-refractivity contribution is 5.67. The third-order valence-electron chi connectivity index (χ3n) is 5.34. The summed E-state index contributed by atoms with van der Waals surface area (Å²) in [5, 5.41) is 3.55. The van der Waals surface area contributed by atoms with Crippen molar-refractivity contribution >= 4 is 17.7 Å². The van der Waals surface area contributed by atoms with Gasteiger partial charge in [0.1, 0.15) is 17.5 Å². The number of nitrogens with zero attached hydrogens (tertiary/aromatic N) is 5. The van der Waals surface area contributed by atoms with Crippen molar-refractivity contribution in [3.05, 3.63) is 11.9 Å². The molecule has 2 fully saturated rings. The van der Waals surface area contributed by atoms with Gasteiger partial charge in [-0.15, -0.1) is 0 Å². The van der Waals surface area contributed by atoms with Crippen LogP contribution in [0.5, 0.6) is 0 Å². The summed E-state index contributed by atoms with van der Waals surface area (Å²) in [4.78, 5) is 27.6. The Kier molecular flexibility index (Phi) is 6.71. The first-order valence-electron chi connectivity index (χ1n) is 10.1. The minimum atomic E-state index is -0.206. The van der Waals surface area contributed by atoms with E-state index < -0.39 is 0 Å². The van der Waals surface area contributed by atoms with Crippen LogP contribution in [0.4, 0.5) is 16.4 Å². The van der Waals surface area contributed by atoms with E-state index in [0.717, 1.165) is 63.0 Å². The molecular formula is C19H32N6O2. The average Bonchev–Trinajstić information content (AvgIpc) is 2.68. The SMILES string of the molecule is CCOC(=O)N1CCC(Nc2cc(N3CCN(CC)CC3)nc(C)n2)CC1. The molecule has 3 rings (SSSR count). The second kappa shape index (κ2) is 9.21. The Balaban J connectivity index is 1.57. The third kappa shape index (κ3) is 5.22. The van der Waals surface area contributed by atoms with Gasteiger partial charge in [0.2, 0.25) is 0 Å². The smallest absolute Gasteiger partial charge is 0.409 e. The molecule has 3 heterocycles. The van der Waals surface area contributed by atoms with Gasteiger partial charge in [-0.05, 0) is 33.2 Å². The summed E-state index contributed by atoms with van der Waals surface area (Å²) in [6, 6.07) is 2.38. The Hall–Kier alpha value is -2.09. The summed E-state index contributed by atoms with van der Waals surface area (Å²) >= 11 is 0. The molecule has 1 aromatic heterocycles. The summed E-state index contributed by atoms with van der Waals surface area (Å²) in [7, 11) is 0. The normalized spacial score (nSPS) is 19.2. The summed E-state index contributed by atoms with van der Waals surface area (Å²) in [6.45, 7) is 13.1. The van der Waals surface area contributed by atoms with Gasteiger partial charge in [-0.1, -0.05) is 6.92 Å². The van der Waals surface area contributed by atoms with E-state index in [4.69, 9.17) is 4.74 Å². The fourth-order valence-corrected chi connectivity index (χ4v) is 3.71. The number of rotatable bonds is 5. The largest absolute Gasteiger partial charge is 0.450 e. The molecular weight excluding hydrogens is 344 g/mol. The molecule has 2 aliphatic rings. The molecule has 1 amide bonds. The molecule has 8 nitrogen and oxygen atoms in total. The Labute approximate surface area is 161 Å². The zero-order valence-electron chi connectivity index (χ0n) is 16.8. The van der Waals surface area contributed by atoms with Gasteiger partial charge in [-0.3, -0.25) is 0 Å². The Morgan fingerprint density at radius 2 is 1.85 bits per heavy atom. The quantitative estimate of drug-likeness (QED) is 0.842. The second-order valence-electron chi connectivity index (χ2n) is 7.18. The minimum absolute atomic E-state index is 0.206. The zero-order valence-corrected chi connectivity index (χ0v) is 16.8. The number of aromatic nitrogens is 2. The van der Waals surface area contributed by atoms with Gasteiger partial charge in [-0.2, -0.15) is 0 Å². The topological polar surface area (TPSA) is 73.8 Å². The van der Waals surface area contributed by atoms with E-state index in [-0.39, 0.29) is 6.09 Å². The van der Waals surface area contributed by atoms with Crippen LogP contribution < -0.4 is 10.2 Å². The molecule has 1 aromatic rings. The Morgan fingerprint density at radius 1 is 1.15 bits per heavy atom. The molecule has 0 aliphatic carbocycles. The van der Waals surface area contributed by atoms with Gasteiger partial charge in [-0.25, -0.2) is 14.8 Å². The van der Waals surface area contributed by atoms with Crippen molar-refractivity contribution in [1.29, 1.82) is 0 Å². The van der Waals surface area contributed by atoms with Gasteiger partial charge in [0, 0.05) is 51.4 Å². The minimum Gasteiger partial charge on any atom is -0.450 e. The molecule has 0 radical (unpaired) electrons. The van der Waals surface area contributed by atoms with Crippen LogP contribution in [0, 0.1) is 6.92 Å². The van der Waals surface area contributed by atoms with E-state index in [0.29, 0.717) is 25.7 Å². The van der Waals surface area contributed by atoms with Crippen LogP contribution in [0.1, 0.15) is 32.5 Å². The Morgan fingerprint density at radius 3 is 2.48 bits per heavy atom. The highest BCUT2D eigenvalue weighted by Gasteiger charge is 2.24. The number of likely N-dealkylation sites (N-methyl/N-ethyl adjacent to an activating group) is 1. The van der Waals surface area contributed by atoms with Gasteiger partial charge in [0.15, 0.2) is 0 Å². The molecule has 2 saturated heterocycles. The molecule has 0 bridgehead atoms. The van der Waals surface area contributed by atoms with E-state index in [1.165, 1.54) is 0 Å². The van der Waals surface area contributed by atoms with Crippen LogP contribution in [-0.4, -0.2) is 84.3 Å². The lowest BCUT2D eigenvalue weighted by atomic mass is 10.1. The predicted molar refractivity (Wildman–Crippen MR) is 106 cm³/mol. The first-order valence-corrected chi connectivity index (χ1v) is 10.1. The highest BCUT2D eigenvalue weighted by Crippen LogP contribution is 2.21. The van der Waals surface area contributed by atoms with Crippen LogP contribution in [0.25, 0.3) is 0 Å². The van der Waals surface area contributed by atoms with E-state index in [2.05, 4.69) is 38.1 Å². The molecule has 2 aliphatic heterocycles. The lowest BCUT2D eigenvalue weighted by Gasteiger charge is -2.35. The van der Waals surface area contributed by atoms with Gasteiger partial charge >= 0.3 is 6.09 Å². The van der Waals surface area contributed by atoms with Crippen molar-refractivity contribution in [1.82, 2.24) is 19.8 Å². The number of piperazine rings is 1. The number of carbonyl (C=O) groups is 1. The summed E-state index contributed by atoms with van der Waals surface area (Å²) in [6.07, 6.45) is 1.58. The molecule has 150 valence electrons. The van der Waals surface area contributed by atoms with Crippen molar-refractivity contribution in [2.75, 3.05) is 62.6 Å². The van der Waals surface area contributed by atoms with Crippen molar-refractivity contribution in [3.8, 4) is 0 Å². The number of hydrogen-bond acceptors (Lipinski definition) is 7. The number of ether oxygens (including phenoxy) is 1. The van der Waals surface area contributed by atoms with Gasteiger partial charge < -0.3 is 24.8 Å². The number of piperidine rings is 1. The van der Waals surface area contributed by atoms with Crippen molar-refractivity contribution in [2.24, 2.45) is 0 Å². The maximum Gasteiger partial charge on any atom is 0.409 e. The van der Waals surface area contributed by atoms with E-state index in [1.54, 1.807) is 4.90 Å². The first-order chi connectivity index (χ1) is 13.1. The van der Waals surface area contributed by atoms with Crippen LogP contribution in [-0.2, 0) is 4.74 Å². The van der Waals surface area contributed by atoms with E-state index >= 15 is 0 Å². The lowest BCUT2D eigenvalue weighted by Crippen LogP contribution is -2.46. The maximum atomic E-state index is 11.8. The molecule has 0 aromatic carbocycles. The fraction of sp³-hybridized carbons (Fsp3) is 0.737. The van der Waals surface area contributed by atoms with Crippen LogP contribution in [0.2, 0.25) is 0 Å². The number of anilines is 2. The number of nitrogens with one attached hydrogen (secondary N) is 1. The van der Waals surface area contributed by atoms with Crippen LogP contribution >= 0.6 is 0 Å². The zero-order chi connectivity index (χ0) is 19.2. The monoisotopic (exact) mass is 376 g/mol. The van der Waals surface area contributed by atoms with E-state index in [9.17, 15) is 4.79 Å². The predicted octanol–water partition coefficient (Wildman–Crippen LogP) is 1.96. The lowest BCUT2D eigenvalue weighted by molar-refractivity contribution is 0.0983. The average molecular weight is 377 g/mol. The first kappa shape index (κ1) is 19.7. The van der Waals surface area contributed by atoms with Gasteiger partial charge in [0.25, 0.3) is 0 Å². The number of likely N-dealkylation sites (tertiary alicyclic amines) is 1. The van der Waals surface area contributed by atoms with E-state index in [1.807, 2.05) is 13.8 Å². The standard InChI is InChI=1S/C19H32N6O2/c1-4-23-10-12-24(13-11-23)18-14-17(20-15(3)21-18)22-16-6-8-25(9-7-16)19(26)27-5-2/h14,16H,4-13H2,1-3H3,(H,20,21,22).